The van der Waals surface area contributed by atoms with Crippen molar-refractivity contribution in [3.8, 4) is 11.5 Å². The summed E-state index contributed by atoms with van der Waals surface area (Å²) >= 11 is 0. The van der Waals surface area contributed by atoms with Gasteiger partial charge in [0.15, 0.2) is 0 Å². The zero-order chi connectivity index (χ0) is 17.8. The molecular formula is C19H19NO5. The number of anilines is 1. The van der Waals surface area contributed by atoms with Crippen LogP contribution in [0.2, 0.25) is 0 Å². The molecule has 0 N–H and O–H groups in total. The van der Waals surface area contributed by atoms with Crippen LogP contribution in [0.25, 0.3) is 0 Å². The fourth-order valence-corrected chi connectivity index (χ4v) is 2.83. The molecule has 0 aliphatic carbocycles. The highest BCUT2D eigenvalue weighted by molar-refractivity contribution is 5.98. The first-order valence-electron chi connectivity index (χ1n) is 7.89. The summed E-state index contributed by atoms with van der Waals surface area (Å²) < 4.78 is 15.7. The van der Waals surface area contributed by atoms with Crippen LogP contribution in [0.1, 0.15) is 5.56 Å². The van der Waals surface area contributed by atoms with Gasteiger partial charge in [-0.05, 0) is 18.2 Å². The lowest BCUT2D eigenvalue weighted by molar-refractivity contribution is -0.148. The Labute approximate surface area is 145 Å². The van der Waals surface area contributed by atoms with Crippen molar-refractivity contribution in [3.63, 3.8) is 0 Å². The molecule has 0 spiro atoms. The van der Waals surface area contributed by atoms with Crippen LogP contribution in [0.4, 0.5) is 5.69 Å². The molecule has 1 atom stereocenters. The van der Waals surface area contributed by atoms with Crippen molar-refractivity contribution in [2.24, 2.45) is 0 Å². The molecular weight excluding hydrogens is 322 g/mol. The molecule has 1 amide bonds. The van der Waals surface area contributed by atoms with Gasteiger partial charge in [0, 0.05) is 5.56 Å². The van der Waals surface area contributed by atoms with Crippen molar-refractivity contribution in [3.05, 3.63) is 54.1 Å². The summed E-state index contributed by atoms with van der Waals surface area (Å²) in [6.07, 6.45) is -0.687. The standard InChI is InChI=1S/C19H19NO5/c1-23-15-9-5-3-7-13(15)11-18(21)20-12-17(19(22)24-2)25-16-10-6-4-8-14(16)20/h3-10,17H,11-12H2,1-2H3/t17-/m1/s1. The number of para-hydroxylation sites is 3. The molecule has 1 aliphatic heterocycles. The van der Waals surface area contributed by atoms with Crippen LogP contribution in [0.3, 0.4) is 0 Å². The van der Waals surface area contributed by atoms with Crippen LogP contribution < -0.4 is 14.4 Å². The third kappa shape index (κ3) is 3.42. The van der Waals surface area contributed by atoms with Gasteiger partial charge in [0.05, 0.1) is 32.9 Å². The van der Waals surface area contributed by atoms with E-state index in [2.05, 4.69) is 0 Å². The number of nitrogens with zero attached hydrogens (tertiary/aromatic N) is 1. The van der Waals surface area contributed by atoms with Gasteiger partial charge in [-0.25, -0.2) is 4.79 Å². The van der Waals surface area contributed by atoms with E-state index in [1.54, 1.807) is 30.2 Å². The summed E-state index contributed by atoms with van der Waals surface area (Å²) in [7, 11) is 2.87. The molecule has 0 saturated heterocycles. The summed E-state index contributed by atoms with van der Waals surface area (Å²) in [5, 5.41) is 0. The number of carbonyl (C=O) groups excluding carboxylic acids is 2. The molecule has 0 fully saturated rings. The summed E-state index contributed by atoms with van der Waals surface area (Å²) in [5.41, 5.74) is 1.43. The summed E-state index contributed by atoms with van der Waals surface area (Å²) in [6.45, 7) is 0.109. The van der Waals surface area contributed by atoms with E-state index < -0.39 is 12.1 Å². The van der Waals surface area contributed by atoms with Gasteiger partial charge in [-0.15, -0.1) is 0 Å². The quantitative estimate of drug-likeness (QED) is 0.798. The summed E-state index contributed by atoms with van der Waals surface area (Å²) in [4.78, 5) is 26.4. The monoisotopic (exact) mass is 341 g/mol. The van der Waals surface area contributed by atoms with E-state index in [-0.39, 0.29) is 18.9 Å². The van der Waals surface area contributed by atoms with Gasteiger partial charge in [0.2, 0.25) is 12.0 Å². The second-order valence-electron chi connectivity index (χ2n) is 5.59. The lowest BCUT2D eigenvalue weighted by Gasteiger charge is -2.33. The highest BCUT2D eigenvalue weighted by Crippen LogP contribution is 2.34. The maximum Gasteiger partial charge on any atom is 0.348 e. The molecule has 0 aromatic heterocycles. The van der Waals surface area contributed by atoms with E-state index >= 15 is 0 Å². The highest BCUT2D eigenvalue weighted by atomic mass is 16.6. The molecule has 1 heterocycles. The van der Waals surface area contributed by atoms with E-state index in [9.17, 15) is 9.59 Å². The number of hydrogen-bond acceptors (Lipinski definition) is 5. The third-order valence-corrected chi connectivity index (χ3v) is 4.07. The molecule has 0 radical (unpaired) electrons. The maximum atomic E-state index is 12.9. The van der Waals surface area contributed by atoms with Crippen LogP contribution in [-0.2, 0) is 20.7 Å². The van der Waals surface area contributed by atoms with Crippen molar-refractivity contribution in [1.29, 1.82) is 0 Å². The Balaban J connectivity index is 1.89. The molecule has 2 aromatic rings. The molecule has 6 heteroatoms. The van der Waals surface area contributed by atoms with Crippen LogP contribution >= 0.6 is 0 Å². The van der Waals surface area contributed by atoms with Crippen molar-refractivity contribution in [1.82, 2.24) is 0 Å². The first-order chi connectivity index (χ1) is 12.1. The summed E-state index contributed by atoms with van der Waals surface area (Å²) in [5.74, 6) is 0.484. The highest BCUT2D eigenvalue weighted by Gasteiger charge is 2.34. The predicted octanol–water partition coefficient (Wildman–Crippen LogP) is 2.20. The molecule has 3 rings (SSSR count). The van der Waals surface area contributed by atoms with E-state index in [0.29, 0.717) is 17.2 Å². The number of rotatable bonds is 4. The molecule has 0 bridgehead atoms. The Kier molecular flexibility index (Phi) is 4.88. The van der Waals surface area contributed by atoms with Gasteiger partial charge >= 0.3 is 5.97 Å². The molecule has 130 valence electrons. The smallest absolute Gasteiger partial charge is 0.348 e. The van der Waals surface area contributed by atoms with Crippen molar-refractivity contribution in [2.45, 2.75) is 12.5 Å². The van der Waals surface area contributed by atoms with Gasteiger partial charge in [-0.1, -0.05) is 30.3 Å². The SMILES string of the molecule is COC(=O)[C@H]1CN(C(=O)Cc2ccccc2OC)c2ccccc2O1. The fourth-order valence-electron chi connectivity index (χ4n) is 2.83. The van der Waals surface area contributed by atoms with Crippen molar-refractivity contribution < 1.29 is 23.8 Å². The number of fused-ring (bicyclic) bond motifs is 1. The van der Waals surface area contributed by atoms with Gasteiger partial charge in [-0.2, -0.15) is 0 Å². The molecule has 0 unspecified atom stereocenters. The van der Waals surface area contributed by atoms with Gasteiger partial charge < -0.3 is 19.1 Å². The molecule has 1 aliphatic rings. The van der Waals surface area contributed by atoms with Crippen LogP contribution in [0.15, 0.2) is 48.5 Å². The Morgan fingerprint density at radius 1 is 1.12 bits per heavy atom. The van der Waals surface area contributed by atoms with Crippen molar-refractivity contribution in [2.75, 3.05) is 25.7 Å². The fraction of sp³-hybridized carbons (Fsp3) is 0.263. The van der Waals surface area contributed by atoms with E-state index in [1.807, 2.05) is 30.3 Å². The van der Waals surface area contributed by atoms with E-state index in [1.165, 1.54) is 7.11 Å². The van der Waals surface area contributed by atoms with Gasteiger partial charge in [-0.3, -0.25) is 4.79 Å². The zero-order valence-electron chi connectivity index (χ0n) is 14.1. The second-order valence-corrected chi connectivity index (χ2v) is 5.59. The largest absolute Gasteiger partial charge is 0.496 e. The van der Waals surface area contributed by atoms with Crippen molar-refractivity contribution >= 4 is 17.6 Å². The zero-order valence-corrected chi connectivity index (χ0v) is 14.1. The average Bonchev–Trinajstić information content (AvgIpc) is 2.66. The molecule has 25 heavy (non-hydrogen) atoms. The average molecular weight is 341 g/mol. The topological polar surface area (TPSA) is 65.1 Å². The lowest BCUT2D eigenvalue weighted by Crippen LogP contribution is -2.48. The van der Waals surface area contributed by atoms with Crippen LogP contribution in [-0.4, -0.2) is 38.7 Å². The predicted molar refractivity (Wildman–Crippen MR) is 91.9 cm³/mol. The van der Waals surface area contributed by atoms with Crippen LogP contribution in [0.5, 0.6) is 11.5 Å². The number of ether oxygens (including phenoxy) is 3. The first kappa shape index (κ1) is 16.8. The number of carbonyl (C=O) groups is 2. The van der Waals surface area contributed by atoms with E-state index in [0.717, 1.165) is 5.56 Å². The molecule has 2 aromatic carbocycles. The van der Waals surface area contributed by atoms with E-state index in [4.69, 9.17) is 14.2 Å². The Morgan fingerprint density at radius 2 is 1.84 bits per heavy atom. The summed E-state index contributed by atoms with van der Waals surface area (Å²) in [6, 6.07) is 14.5. The second kappa shape index (κ2) is 7.25. The minimum Gasteiger partial charge on any atom is -0.496 e. The first-order valence-corrected chi connectivity index (χ1v) is 7.89. The number of methoxy groups -OCH3 is 2. The Hall–Kier alpha value is -3.02. The van der Waals surface area contributed by atoms with Gasteiger partial charge in [0.25, 0.3) is 0 Å². The van der Waals surface area contributed by atoms with Gasteiger partial charge in [0.1, 0.15) is 11.5 Å². The normalized spacial score (nSPS) is 15.8. The third-order valence-electron chi connectivity index (χ3n) is 4.07. The molecule has 0 saturated carbocycles. The minimum absolute atomic E-state index is 0.109. The number of hydrogen-bond donors (Lipinski definition) is 0. The van der Waals surface area contributed by atoms with Crippen LogP contribution in [0, 0.1) is 0 Å². The number of amides is 1. The maximum absolute atomic E-state index is 12.9. The number of benzene rings is 2. The minimum atomic E-state index is -0.846. The molecule has 6 nitrogen and oxygen atoms in total. The number of esters is 1. The lowest BCUT2D eigenvalue weighted by atomic mass is 10.1. The Bertz CT molecular complexity index is 789. The Morgan fingerprint density at radius 3 is 2.60 bits per heavy atom.